The van der Waals surface area contributed by atoms with E-state index in [0.717, 1.165) is 10.5 Å². The monoisotopic (exact) mass is 440 g/mol. The Morgan fingerprint density at radius 3 is 1.95 bits per heavy atom. The van der Waals surface area contributed by atoms with Crippen molar-refractivity contribution in [2.45, 2.75) is 12.3 Å². The SMILES string of the molecule is O=Cc1ccc(Br)cn1.OC(c1ccc(Br)cn1)C(F)(F)F. The smallest absolute Gasteiger partial charge is 0.378 e. The van der Waals surface area contributed by atoms with Crippen LogP contribution in [0.5, 0.6) is 0 Å². The van der Waals surface area contributed by atoms with Crippen molar-refractivity contribution in [3.8, 4) is 0 Å². The third kappa shape index (κ3) is 6.20. The van der Waals surface area contributed by atoms with Crippen LogP contribution in [-0.2, 0) is 0 Å². The summed E-state index contributed by atoms with van der Waals surface area (Å²) in [5.74, 6) is 0. The van der Waals surface area contributed by atoms with Gasteiger partial charge < -0.3 is 5.11 Å². The number of hydrogen-bond donors (Lipinski definition) is 1. The third-order valence-corrected chi connectivity index (χ3v) is 3.15. The molecule has 0 aliphatic carbocycles. The summed E-state index contributed by atoms with van der Waals surface area (Å²) in [5, 5.41) is 8.75. The molecule has 0 amide bonds. The fourth-order valence-corrected chi connectivity index (χ4v) is 1.64. The van der Waals surface area contributed by atoms with Gasteiger partial charge in [-0.1, -0.05) is 0 Å². The molecule has 9 heteroatoms. The van der Waals surface area contributed by atoms with Gasteiger partial charge in [0.15, 0.2) is 12.4 Å². The molecule has 1 atom stereocenters. The maximum atomic E-state index is 11.9. The lowest BCUT2D eigenvalue weighted by Gasteiger charge is -2.13. The minimum atomic E-state index is -4.67. The molecule has 2 aromatic rings. The lowest BCUT2D eigenvalue weighted by Crippen LogP contribution is -2.21. The molecule has 0 radical (unpaired) electrons. The average Bonchev–Trinajstić information content (AvgIpc) is 2.48. The molecule has 0 saturated carbocycles. The van der Waals surface area contributed by atoms with E-state index in [1.165, 1.54) is 12.3 Å². The highest BCUT2D eigenvalue weighted by molar-refractivity contribution is 9.10. The number of rotatable bonds is 2. The minimum absolute atomic E-state index is 0.407. The van der Waals surface area contributed by atoms with Gasteiger partial charge in [-0.3, -0.25) is 14.8 Å². The largest absolute Gasteiger partial charge is 0.420 e. The Kier molecular flexibility index (Phi) is 7.11. The van der Waals surface area contributed by atoms with Crippen molar-refractivity contribution in [2.75, 3.05) is 0 Å². The molecule has 4 nitrogen and oxygen atoms in total. The van der Waals surface area contributed by atoms with Crippen LogP contribution in [0.25, 0.3) is 0 Å². The molecule has 0 spiro atoms. The first-order chi connectivity index (χ1) is 10.2. The topological polar surface area (TPSA) is 63.1 Å². The first-order valence-corrected chi connectivity index (χ1v) is 7.25. The van der Waals surface area contributed by atoms with Crippen molar-refractivity contribution in [1.82, 2.24) is 9.97 Å². The first-order valence-electron chi connectivity index (χ1n) is 5.67. The number of pyridine rings is 2. The predicted molar refractivity (Wildman–Crippen MR) is 80.3 cm³/mol. The molecule has 2 rings (SSSR count). The summed E-state index contributed by atoms with van der Waals surface area (Å²) >= 11 is 6.22. The standard InChI is InChI=1S/C7H5BrF3NO.C6H4BrNO/c8-4-1-2-5(12-3-4)6(13)7(9,10)11;7-5-1-2-6(4-9)8-3-5/h1-3,6,13H;1-4H. The molecule has 22 heavy (non-hydrogen) atoms. The second-order valence-corrected chi connectivity index (χ2v) is 5.70. The molecule has 2 heterocycles. The van der Waals surface area contributed by atoms with E-state index in [1.54, 1.807) is 18.3 Å². The Bertz CT molecular complexity index is 604. The third-order valence-electron chi connectivity index (χ3n) is 2.21. The summed E-state index contributed by atoms with van der Waals surface area (Å²) in [6.45, 7) is 0. The van der Waals surface area contributed by atoms with Gasteiger partial charge in [-0.15, -0.1) is 0 Å². The Morgan fingerprint density at radius 1 is 1.05 bits per heavy atom. The van der Waals surface area contributed by atoms with Gasteiger partial charge in [0.05, 0.1) is 5.69 Å². The molecule has 2 aromatic heterocycles. The van der Waals surface area contributed by atoms with Gasteiger partial charge >= 0.3 is 6.18 Å². The van der Waals surface area contributed by atoms with E-state index in [2.05, 4.69) is 41.8 Å². The van der Waals surface area contributed by atoms with Crippen molar-refractivity contribution in [3.05, 3.63) is 57.0 Å². The van der Waals surface area contributed by atoms with Crippen LogP contribution in [0.3, 0.4) is 0 Å². The van der Waals surface area contributed by atoms with Gasteiger partial charge in [-0.2, -0.15) is 13.2 Å². The highest BCUT2D eigenvalue weighted by atomic mass is 79.9. The normalized spacial score (nSPS) is 12.1. The molecule has 1 unspecified atom stereocenters. The number of aliphatic hydroxyl groups is 1. The van der Waals surface area contributed by atoms with Crippen LogP contribution >= 0.6 is 31.9 Å². The number of carbonyl (C=O) groups is 1. The molecule has 0 bridgehead atoms. The summed E-state index contributed by atoms with van der Waals surface area (Å²) in [6, 6.07) is 5.92. The number of aromatic nitrogens is 2. The van der Waals surface area contributed by atoms with Gasteiger partial charge in [0.2, 0.25) is 0 Å². The van der Waals surface area contributed by atoms with Crippen molar-refractivity contribution in [2.24, 2.45) is 0 Å². The van der Waals surface area contributed by atoms with Crippen LogP contribution < -0.4 is 0 Å². The molecule has 0 aromatic carbocycles. The molecule has 0 aliphatic heterocycles. The quantitative estimate of drug-likeness (QED) is 0.712. The summed E-state index contributed by atoms with van der Waals surface area (Å²) in [4.78, 5) is 17.2. The van der Waals surface area contributed by atoms with E-state index >= 15 is 0 Å². The van der Waals surface area contributed by atoms with Crippen LogP contribution in [0.15, 0.2) is 45.6 Å². The molecule has 0 fully saturated rings. The number of halogens is 5. The number of aliphatic hydroxyl groups excluding tert-OH is 1. The fourth-order valence-electron chi connectivity index (χ4n) is 1.17. The molecule has 0 saturated heterocycles. The summed E-state index contributed by atoms with van der Waals surface area (Å²) in [5.41, 5.74) is 0.0499. The maximum Gasteiger partial charge on any atom is 0.420 e. The van der Waals surface area contributed by atoms with Crippen molar-refractivity contribution in [1.29, 1.82) is 0 Å². The van der Waals surface area contributed by atoms with Gasteiger partial charge in [0.1, 0.15) is 5.69 Å². The van der Waals surface area contributed by atoms with E-state index < -0.39 is 18.0 Å². The summed E-state index contributed by atoms with van der Waals surface area (Å²) in [6.07, 6.45) is -3.68. The number of nitrogens with zero attached hydrogens (tertiary/aromatic N) is 2. The Balaban J connectivity index is 0.000000235. The second kappa shape index (κ2) is 8.35. The Morgan fingerprint density at radius 2 is 1.59 bits per heavy atom. The zero-order valence-corrected chi connectivity index (χ0v) is 13.9. The van der Waals surface area contributed by atoms with Gasteiger partial charge in [0, 0.05) is 21.3 Å². The highest BCUT2D eigenvalue weighted by Gasteiger charge is 2.40. The van der Waals surface area contributed by atoms with Crippen LogP contribution in [-0.4, -0.2) is 27.5 Å². The van der Waals surface area contributed by atoms with Gasteiger partial charge in [0.25, 0.3) is 0 Å². The molecular formula is C13H9Br2F3N2O2. The minimum Gasteiger partial charge on any atom is -0.378 e. The second-order valence-electron chi connectivity index (χ2n) is 3.86. The van der Waals surface area contributed by atoms with Crippen molar-refractivity contribution >= 4 is 38.1 Å². The fraction of sp³-hybridized carbons (Fsp3) is 0.154. The Hall–Kier alpha value is -1.32. The van der Waals surface area contributed by atoms with Crippen LogP contribution in [0.2, 0.25) is 0 Å². The van der Waals surface area contributed by atoms with E-state index in [1.807, 2.05) is 0 Å². The zero-order valence-electron chi connectivity index (χ0n) is 10.8. The number of carbonyl (C=O) groups excluding carboxylic acids is 1. The lowest BCUT2D eigenvalue weighted by molar-refractivity contribution is -0.207. The molecule has 118 valence electrons. The zero-order chi connectivity index (χ0) is 16.8. The van der Waals surface area contributed by atoms with E-state index in [4.69, 9.17) is 5.11 Å². The van der Waals surface area contributed by atoms with Crippen LogP contribution in [0.1, 0.15) is 22.3 Å². The summed E-state index contributed by atoms with van der Waals surface area (Å²) in [7, 11) is 0. The molecular weight excluding hydrogens is 433 g/mol. The van der Waals surface area contributed by atoms with E-state index in [0.29, 0.717) is 16.5 Å². The van der Waals surface area contributed by atoms with Crippen molar-refractivity contribution < 1.29 is 23.1 Å². The van der Waals surface area contributed by atoms with Crippen LogP contribution in [0, 0.1) is 0 Å². The lowest BCUT2D eigenvalue weighted by atomic mass is 10.2. The van der Waals surface area contributed by atoms with Crippen molar-refractivity contribution in [3.63, 3.8) is 0 Å². The molecule has 0 aliphatic rings. The number of aldehydes is 1. The van der Waals surface area contributed by atoms with Gasteiger partial charge in [-0.05, 0) is 56.1 Å². The predicted octanol–water partition coefficient (Wildman–Crippen LogP) is 4.10. The van der Waals surface area contributed by atoms with Crippen LogP contribution in [0.4, 0.5) is 13.2 Å². The Labute approximate surface area is 140 Å². The average molecular weight is 442 g/mol. The number of hydrogen-bond acceptors (Lipinski definition) is 4. The number of alkyl halides is 3. The molecule has 1 N–H and O–H groups in total. The van der Waals surface area contributed by atoms with Gasteiger partial charge in [-0.25, -0.2) is 0 Å². The summed E-state index contributed by atoms with van der Waals surface area (Å²) < 4.78 is 37.2. The van der Waals surface area contributed by atoms with E-state index in [-0.39, 0.29) is 0 Å². The maximum absolute atomic E-state index is 11.9. The van der Waals surface area contributed by atoms with E-state index in [9.17, 15) is 18.0 Å². The first kappa shape index (κ1) is 18.7. The highest BCUT2D eigenvalue weighted by Crippen LogP contribution is 2.31.